The number of nitrogens with zero attached hydrogens (tertiary/aromatic N) is 4. The number of rotatable bonds is 16. The number of anilines is 1. The molecular formula is C25H38N7O10P. The Morgan fingerprint density at radius 3 is 2.47 bits per heavy atom. The van der Waals surface area contributed by atoms with Crippen LogP contribution < -0.4 is 22.1 Å². The second kappa shape index (κ2) is 14.8. The van der Waals surface area contributed by atoms with Crippen molar-refractivity contribution in [3.05, 3.63) is 49.3 Å². The number of aliphatic hydroxyl groups excluding tert-OH is 1. The number of fused-ring (bicyclic) bond motifs is 1. The Hall–Kier alpha value is -3.47. The molecule has 18 heteroatoms. The normalized spacial score (nSPS) is 15.3. The van der Waals surface area contributed by atoms with Gasteiger partial charge in [-0.05, 0) is 13.3 Å². The molecule has 3 aromatic heterocycles. The number of ether oxygens (including phenoxy) is 2. The third-order valence-electron chi connectivity index (χ3n) is 6.55. The number of nitrogens with one attached hydrogen (secondary N) is 3. The van der Waals surface area contributed by atoms with E-state index in [0.717, 1.165) is 0 Å². The highest BCUT2D eigenvalue weighted by molar-refractivity contribution is 7.53. The first-order valence-electron chi connectivity index (χ1n) is 13.4. The van der Waals surface area contributed by atoms with Crippen LogP contribution in [0.2, 0.25) is 0 Å². The molecule has 4 atom stereocenters. The van der Waals surface area contributed by atoms with E-state index in [0.29, 0.717) is 12.0 Å². The highest BCUT2D eigenvalue weighted by Gasteiger charge is 2.31. The smallest absolute Gasteiger partial charge is 0.328 e. The molecule has 0 spiro atoms. The summed E-state index contributed by atoms with van der Waals surface area (Å²) in [5.41, 5.74) is -1.13. The lowest BCUT2D eigenvalue weighted by Crippen LogP contribution is -2.37. The molecule has 3 heterocycles. The Bertz CT molecular complexity index is 1620. The maximum absolute atomic E-state index is 13.4. The molecule has 0 aliphatic carbocycles. The zero-order valence-corrected chi connectivity index (χ0v) is 25.8. The summed E-state index contributed by atoms with van der Waals surface area (Å²) < 4.78 is 38.4. The molecule has 238 valence electrons. The minimum atomic E-state index is -3.81. The molecule has 0 radical (unpaired) electrons. The minimum Gasteiger partial charge on any atom is -0.394 e. The largest absolute Gasteiger partial charge is 0.394 e. The summed E-state index contributed by atoms with van der Waals surface area (Å²) in [5.74, 6) is -0.785. The number of H-pyrrole nitrogens is 2. The number of aliphatic hydroxyl groups is 1. The predicted octanol–water partition coefficient (Wildman–Crippen LogP) is 0.210. The fraction of sp³-hybridized carbons (Fsp3) is 0.600. The standard InChI is InChI=1S/C25H38N7O10P/c1-14(2)21(34)28-24-27-20-19(23(36)29-24)26-13-32(20)10-17(18(11-33)40-5)42-43(6,38)41-12-16(39-4)7-8-31-9-15(3)22(35)30-25(31)37/h9,13-14,16-18,33H,7-8,10-12H2,1-6H3,(H,30,35,37)(H2,27,28,29,34,36)/t16?,17-,18?,43?/m0/s1. The number of aryl methyl sites for hydroxylation is 2. The first-order valence-corrected chi connectivity index (χ1v) is 15.4. The Labute approximate surface area is 246 Å². The molecule has 0 aliphatic heterocycles. The third kappa shape index (κ3) is 9.01. The van der Waals surface area contributed by atoms with Crippen molar-refractivity contribution in [1.82, 2.24) is 29.1 Å². The molecule has 0 fully saturated rings. The number of imidazole rings is 1. The van der Waals surface area contributed by atoms with E-state index in [1.165, 1.54) is 42.5 Å². The van der Waals surface area contributed by atoms with E-state index in [4.69, 9.17) is 18.5 Å². The first-order chi connectivity index (χ1) is 20.3. The maximum atomic E-state index is 13.4. The van der Waals surface area contributed by atoms with Gasteiger partial charge in [-0.25, -0.2) is 9.78 Å². The third-order valence-corrected chi connectivity index (χ3v) is 7.82. The van der Waals surface area contributed by atoms with Crippen molar-refractivity contribution in [2.75, 3.05) is 39.4 Å². The van der Waals surface area contributed by atoms with Crippen LogP contribution in [0.3, 0.4) is 0 Å². The Morgan fingerprint density at radius 2 is 1.84 bits per heavy atom. The van der Waals surface area contributed by atoms with Crippen LogP contribution in [0.4, 0.5) is 5.95 Å². The predicted molar refractivity (Wildman–Crippen MR) is 155 cm³/mol. The molecule has 3 rings (SSSR count). The summed E-state index contributed by atoms with van der Waals surface area (Å²) >= 11 is 0. The molecule has 0 saturated heterocycles. The Balaban J connectivity index is 1.75. The van der Waals surface area contributed by atoms with E-state index in [-0.39, 0.29) is 48.6 Å². The van der Waals surface area contributed by atoms with Gasteiger partial charge in [0, 0.05) is 45.1 Å². The van der Waals surface area contributed by atoms with Crippen LogP contribution in [-0.2, 0) is 41.0 Å². The van der Waals surface area contributed by atoms with Gasteiger partial charge in [0.1, 0.15) is 12.2 Å². The maximum Gasteiger partial charge on any atom is 0.328 e. The molecular weight excluding hydrogens is 589 g/mol. The van der Waals surface area contributed by atoms with E-state index in [9.17, 15) is 28.8 Å². The van der Waals surface area contributed by atoms with Crippen LogP contribution in [-0.4, -0.2) is 92.5 Å². The zero-order chi connectivity index (χ0) is 31.9. The first kappa shape index (κ1) is 34.0. The summed E-state index contributed by atoms with van der Waals surface area (Å²) in [7, 11) is -1.03. The summed E-state index contributed by atoms with van der Waals surface area (Å²) in [5, 5.41) is 12.5. The second-order valence-corrected chi connectivity index (χ2v) is 12.2. The van der Waals surface area contributed by atoms with Crippen molar-refractivity contribution in [3.8, 4) is 0 Å². The molecule has 0 saturated carbocycles. The Kier molecular flexibility index (Phi) is 11.7. The minimum absolute atomic E-state index is 0.00470. The SMILES string of the molecule is COC(CCn1cc(C)c(=O)[nH]c1=O)COP(C)(=O)O[C@@H](Cn1cnc2c(=O)[nH]c(NC(=O)C(C)C)nc21)C(CO)OC. The van der Waals surface area contributed by atoms with E-state index in [1.807, 2.05) is 0 Å². The molecule has 3 unspecified atom stereocenters. The lowest BCUT2D eigenvalue weighted by molar-refractivity contribution is -0.118. The van der Waals surface area contributed by atoms with E-state index >= 15 is 0 Å². The van der Waals surface area contributed by atoms with Gasteiger partial charge in [-0.15, -0.1) is 0 Å². The van der Waals surface area contributed by atoms with Gasteiger partial charge in [0.25, 0.3) is 11.1 Å². The number of hydrogen-bond acceptors (Lipinski definition) is 12. The quantitative estimate of drug-likeness (QED) is 0.157. The monoisotopic (exact) mass is 627 g/mol. The molecule has 43 heavy (non-hydrogen) atoms. The van der Waals surface area contributed by atoms with Crippen LogP contribution in [0.25, 0.3) is 11.2 Å². The van der Waals surface area contributed by atoms with E-state index in [1.54, 1.807) is 20.8 Å². The van der Waals surface area contributed by atoms with Gasteiger partial charge >= 0.3 is 13.3 Å². The molecule has 4 N–H and O–H groups in total. The van der Waals surface area contributed by atoms with Gasteiger partial charge in [-0.3, -0.25) is 34.2 Å². The number of carbonyl (C=O) groups is 1. The molecule has 0 aromatic carbocycles. The fourth-order valence-electron chi connectivity index (χ4n) is 4.00. The molecule has 0 aliphatic rings. The second-order valence-electron chi connectivity index (χ2n) is 10.2. The highest BCUT2D eigenvalue weighted by atomic mass is 31.2. The van der Waals surface area contributed by atoms with Crippen molar-refractivity contribution in [2.45, 2.75) is 58.6 Å². The summed E-state index contributed by atoms with van der Waals surface area (Å²) in [6.07, 6.45) is 0.464. The fourth-order valence-corrected chi connectivity index (χ4v) is 5.19. The summed E-state index contributed by atoms with van der Waals surface area (Å²) in [4.78, 5) is 61.5. The summed E-state index contributed by atoms with van der Waals surface area (Å²) in [6.45, 7) is 5.65. The van der Waals surface area contributed by atoms with Crippen molar-refractivity contribution in [1.29, 1.82) is 0 Å². The zero-order valence-electron chi connectivity index (χ0n) is 24.9. The Morgan fingerprint density at radius 1 is 1.12 bits per heavy atom. The van der Waals surface area contributed by atoms with Crippen LogP contribution >= 0.6 is 7.60 Å². The number of aromatic amines is 2. The van der Waals surface area contributed by atoms with E-state index < -0.39 is 49.3 Å². The average Bonchev–Trinajstić information content (AvgIpc) is 3.34. The topological polar surface area (TPSA) is 222 Å². The van der Waals surface area contributed by atoms with Crippen molar-refractivity contribution >= 4 is 30.6 Å². The van der Waals surface area contributed by atoms with Crippen molar-refractivity contribution < 1.29 is 33.0 Å². The number of aromatic nitrogens is 6. The number of methoxy groups -OCH3 is 2. The van der Waals surface area contributed by atoms with E-state index in [2.05, 4.69) is 25.3 Å². The highest BCUT2D eigenvalue weighted by Crippen LogP contribution is 2.46. The van der Waals surface area contributed by atoms with Crippen LogP contribution in [0.15, 0.2) is 26.9 Å². The van der Waals surface area contributed by atoms with Gasteiger partial charge in [0.05, 0.1) is 32.2 Å². The van der Waals surface area contributed by atoms with Crippen molar-refractivity contribution in [3.63, 3.8) is 0 Å². The number of hydrogen-bond donors (Lipinski definition) is 4. The lowest BCUT2D eigenvalue weighted by Gasteiger charge is -2.28. The van der Waals surface area contributed by atoms with Crippen LogP contribution in [0.5, 0.6) is 0 Å². The van der Waals surface area contributed by atoms with Gasteiger partial charge in [0.15, 0.2) is 11.2 Å². The molecule has 17 nitrogen and oxygen atoms in total. The van der Waals surface area contributed by atoms with Gasteiger partial charge in [0.2, 0.25) is 11.9 Å². The summed E-state index contributed by atoms with van der Waals surface area (Å²) in [6, 6.07) is 0. The van der Waals surface area contributed by atoms with Gasteiger partial charge in [-0.1, -0.05) is 13.8 Å². The van der Waals surface area contributed by atoms with Crippen molar-refractivity contribution in [2.24, 2.45) is 5.92 Å². The molecule has 1 amide bonds. The molecule has 3 aromatic rings. The van der Waals surface area contributed by atoms with Gasteiger partial charge < -0.3 is 32.8 Å². The lowest BCUT2D eigenvalue weighted by atomic mass is 10.2. The van der Waals surface area contributed by atoms with Crippen LogP contribution in [0.1, 0.15) is 25.8 Å². The van der Waals surface area contributed by atoms with Crippen LogP contribution in [0, 0.1) is 12.8 Å². The molecule has 0 bridgehead atoms. The number of carbonyl (C=O) groups excluding carboxylic acids is 1. The number of amides is 1. The average molecular weight is 628 g/mol. The van der Waals surface area contributed by atoms with Gasteiger partial charge in [-0.2, -0.15) is 4.98 Å².